The van der Waals surface area contributed by atoms with Gasteiger partial charge in [0.15, 0.2) is 5.82 Å². The number of aromatic nitrogens is 3. The number of methoxy groups -OCH3 is 1. The average Bonchev–Trinajstić information content (AvgIpc) is 3.31. The number of para-hydroxylation sites is 1. The van der Waals surface area contributed by atoms with E-state index in [-0.39, 0.29) is 25.2 Å². The summed E-state index contributed by atoms with van der Waals surface area (Å²) in [6.07, 6.45) is 1.63. The van der Waals surface area contributed by atoms with Gasteiger partial charge in [-0.3, -0.25) is 4.90 Å². The molecule has 28 heavy (non-hydrogen) atoms. The number of carbonyl (C=O) groups excluding carboxylic acids is 2. The molecule has 3 heterocycles. The number of hydrogen-bond donors (Lipinski definition) is 1. The number of benzene rings is 1. The maximum absolute atomic E-state index is 12.9. The molecule has 0 aliphatic carbocycles. The van der Waals surface area contributed by atoms with Gasteiger partial charge in [0.2, 0.25) is 0 Å². The minimum absolute atomic E-state index is 0.0447. The summed E-state index contributed by atoms with van der Waals surface area (Å²) in [5, 5.41) is 11.0. The van der Waals surface area contributed by atoms with Crippen molar-refractivity contribution in [2.45, 2.75) is 32.5 Å². The van der Waals surface area contributed by atoms with Crippen LogP contribution in [0.3, 0.4) is 0 Å². The van der Waals surface area contributed by atoms with Crippen molar-refractivity contribution >= 4 is 12.0 Å². The van der Waals surface area contributed by atoms with Gasteiger partial charge >= 0.3 is 12.0 Å². The molecule has 1 N–H and O–H groups in total. The smallest absolute Gasteiger partial charge is 0.338 e. The second-order valence-electron chi connectivity index (χ2n) is 6.90. The number of esters is 1. The highest BCUT2D eigenvalue weighted by Gasteiger charge is 2.43. The summed E-state index contributed by atoms with van der Waals surface area (Å²) in [4.78, 5) is 26.9. The summed E-state index contributed by atoms with van der Waals surface area (Å²) in [7, 11) is 1.55. The number of urea groups is 1. The average molecular weight is 383 g/mol. The molecule has 0 saturated carbocycles. The molecule has 1 aromatic carbocycles. The number of cyclic esters (lactones) is 1. The highest BCUT2D eigenvalue weighted by Crippen LogP contribution is 2.38. The van der Waals surface area contributed by atoms with Gasteiger partial charge in [-0.15, -0.1) is 10.2 Å². The number of nitrogens with zero attached hydrogens (tertiary/aromatic N) is 4. The Morgan fingerprint density at radius 1 is 1.32 bits per heavy atom. The molecule has 2 amide bonds. The first kappa shape index (κ1) is 18.0. The first-order chi connectivity index (χ1) is 13.5. The Kier molecular flexibility index (Phi) is 4.50. The summed E-state index contributed by atoms with van der Waals surface area (Å²) in [5.74, 6) is 0.778. The van der Waals surface area contributed by atoms with Crippen molar-refractivity contribution in [1.82, 2.24) is 25.0 Å². The molecule has 9 heteroatoms. The van der Waals surface area contributed by atoms with E-state index in [1.807, 2.05) is 36.6 Å². The van der Waals surface area contributed by atoms with Gasteiger partial charge in [0.05, 0.1) is 31.0 Å². The molecule has 0 saturated heterocycles. The summed E-state index contributed by atoms with van der Waals surface area (Å²) in [6.45, 7) is 4.25. The molecular formula is C19H21N5O4. The molecule has 0 spiro atoms. The van der Waals surface area contributed by atoms with Crippen molar-refractivity contribution in [3.8, 4) is 5.75 Å². The lowest BCUT2D eigenvalue weighted by Gasteiger charge is -2.33. The van der Waals surface area contributed by atoms with Crippen LogP contribution in [-0.2, 0) is 16.1 Å². The minimum Gasteiger partial charge on any atom is -0.496 e. The fourth-order valence-electron chi connectivity index (χ4n) is 3.57. The van der Waals surface area contributed by atoms with Crippen LogP contribution in [-0.4, -0.2) is 45.4 Å². The van der Waals surface area contributed by atoms with Crippen LogP contribution in [0.5, 0.6) is 5.75 Å². The zero-order chi connectivity index (χ0) is 19.8. The van der Waals surface area contributed by atoms with Crippen molar-refractivity contribution in [3.63, 3.8) is 0 Å². The largest absolute Gasteiger partial charge is 0.496 e. The lowest BCUT2D eigenvalue weighted by atomic mass is 9.95. The molecule has 146 valence electrons. The number of carbonyl (C=O) groups is 2. The van der Waals surface area contributed by atoms with E-state index < -0.39 is 12.0 Å². The van der Waals surface area contributed by atoms with E-state index in [0.29, 0.717) is 28.4 Å². The predicted octanol–water partition coefficient (Wildman–Crippen LogP) is 1.94. The van der Waals surface area contributed by atoms with Crippen molar-refractivity contribution in [1.29, 1.82) is 0 Å². The van der Waals surface area contributed by atoms with Crippen LogP contribution in [0.4, 0.5) is 4.79 Å². The third-order valence-electron chi connectivity index (χ3n) is 4.95. The van der Waals surface area contributed by atoms with E-state index in [9.17, 15) is 9.59 Å². The van der Waals surface area contributed by atoms with E-state index in [2.05, 4.69) is 15.5 Å². The normalized spacial score (nSPS) is 19.0. The number of ether oxygens (including phenoxy) is 2. The molecule has 0 fully saturated rings. The Hall–Kier alpha value is -3.36. The Morgan fingerprint density at radius 3 is 2.86 bits per heavy atom. The van der Waals surface area contributed by atoms with E-state index in [1.54, 1.807) is 19.5 Å². The molecule has 1 aromatic heterocycles. The third-order valence-corrected chi connectivity index (χ3v) is 4.95. The van der Waals surface area contributed by atoms with Crippen LogP contribution < -0.4 is 10.1 Å². The van der Waals surface area contributed by atoms with E-state index in [4.69, 9.17) is 9.47 Å². The molecule has 1 unspecified atom stereocenters. The second kappa shape index (κ2) is 6.99. The molecule has 0 radical (unpaired) electrons. The third kappa shape index (κ3) is 2.88. The van der Waals surface area contributed by atoms with Crippen molar-refractivity contribution in [2.75, 3.05) is 13.7 Å². The first-order valence-corrected chi connectivity index (χ1v) is 9.00. The van der Waals surface area contributed by atoms with Gasteiger partial charge in [0, 0.05) is 11.6 Å². The van der Waals surface area contributed by atoms with Crippen molar-refractivity contribution in [3.05, 3.63) is 53.3 Å². The van der Waals surface area contributed by atoms with E-state index >= 15 is 0 Å². The molecular weight excluding hydrogens is 362 g/mol. The molecule has 0 bridgehead atoms. The Bertz CT molecular complexity index is 965. The van der Waals surface area contributed by atoms with Crippen LogP contribution in [0.15, 0.2) is 41.9 Å². The van der Waals surface area contributed by atoms with Crippen molar-refractivity contribution < 1.29 is 19.1 Å². The second-order valence-corrected chi connectivity index (χ2v) is 6.90. The molecule has 2 aromatic rings. The van der Waals surface area contributed by atoms with Gasteiger partial charge in [0.1, 0.15) is 18.7 Å². The summed E-state index contributed by atoms with van der Waals surface area (Å²) in [5.41, 5.74) is 1.66. The van der Waals surface area contributed by atoms with Crippen LogP contribution in [0.1, 0.15) is 37.3 Å². The summed E-state index contributed by atoms with van der Waals surface area (Å²) < 4.78 is 12.6. The number of hydrogen-bond acceptors (Lipinski definition) is 6. The Labute approximate surface area is 161 Å². The van der Waals surface area contributed by atoms with Crippen LogP contribution in [0.2, 0.25) is 0 Å². The number of amides is 2. The standard InChI is InChI=1S/C19H21N5O4/c1-11(2)24-10-20-22-15(24)8-23-13-9-28-18(25)16(13)17(21-19(23)26)12-6-4-5-7-14(12)27-3/h4-7,10-11,17H,8-9H2,1-3H3,(H,21,26). The van der Waals surface area contributed by atoms with E-state index in [0.717, 1.165) is 0 Å². The molecule has 2 aliphatic heterocycles. The van der Waals surface area contributed by atoms with Gasteiger partial charge in [0.25, 0.3) is 0 Å². The van der Waals surface area contributed by atoms with Crippen molar-refractivity contribution in [2.24, 2.45) is 0 Å². The molecule has 1 atom stereocenters. The first-order valence-electron chi connectivity index (χ1n) is 9.00. The minimum atomic E-state index is -0.632. The SMILES string of the molecule is COc1ccccc1C1NC(=O)N(Cc2nncn2C(C)C)C2=C1C(=O)OC2. The quantitative estimate of drug-likeness (QED) is 0.793. The van der Waals surface area contributed by atoms with Gasteiger partial charge in [-0.1, -0.05) is 18.2 Å². The maximum atomic E-state index is 12.9. The molecule has 2 aliphatic rings. The van der Waals surface area contributed by atoms with Gasteiger partial charge in [-0.2, -0.15) is 0 Å². The fraction of sp³-hybridized carbons (Fsp3) is 0.368. The number of rotatable bonds is 5. The fourth-order valence-corrected chi connectivity index (χ4v) is 3.57. The Morgan fingerprint density at radius 2 is 2.11 bits per heavy atom. The summed E-state index contributed by atoms with van der Waals surface area (Å²) >= 11 is 0. The van der Waals surface area contributed by atoms with Gasteiger partial charge < -0.3 is 19.4 Å². The highest BCUT2D eigenvalue weighted by molar-refractivity contribution is 5.97. The highest BCUT2D eigenvalue weighted by atomic mass is 16.5. The maximum Gasteiger partial charge on any atom is 0.338 e. The molecule has 4 rings (SSSR count). The zero-order valence-electron chi connectivity index (χ0n) is 15.9. The van der Waals surface area contributed by atoms with Crippen LogP contribution in [0.25, 0.3) is 0 Å². The molecule has 9 nitrogen and oxygen atoms in total. The monoisotopic (exact) mass is 383 g/mol. The van der Waals surface area contributed by atoms with Gasteiger partial charge in [-0.05, 0) is 19.9 Å². The zero-order valence-corrected chi connectivity index (χ0v) is 15.9. The lowest BCUT2D eigenvalue weighted by Crippen LogP contribution is -2.47. The number of nitrogens with one attached hydrogen (secondary N) is 1. The van der Waals surface area contributed by atoms with Crippen LogP contribution in [0, 0.1) is 0 Å². The van der Waals surface area contributed by atoms with E-state index in [1.165, 1.54) is 4.90 Å². The predicted molar refractivity (Wildman–Crippen MR) is 98.2 cm³/mol. The van der Waals surface area contributed by atoms with Crippen LogP contribution >= 0.6 is 0 Å². The summed E-state index contributed by atoms with van der Waals surface area (Å²) in [6, 6.07) is 6.47. The lowest BCUT2D eigenvalue weighted by molar-refractivity contribution is -0.136. The topological polar surface area (TPSA) is 98.6 Å². The Balaban J connectivity index is 1.75. The van der Waals surface area contributed by atoms with Gasteiger partial charge in [-0.25, -0.2) is 9.59 Å².